The Labute approximate surface area is 245 Å². The van der Waals surface area contributed by atoms with Crippen LogP contribution in [-0.2, 0) is 0 Å². The number of hydrogen-bond acceptors (Lipinski definition) is 0. The van der Waals surface area contributed by atoms with Crippen molar-refractivity contribution in [3.05, 3.63) is 158 Å². The molecule has 0 spiro atoms. The van der Waals surface area contributed by atoms with Crippen LogP contribution in [0.25, 0.3) is 76.5 Å². The molecule has 0 nitrogen and oxygen atoms in total. The van der Waals surface area contributed by atoms with E-state index in [0.717, 1.165) is 32.7 Å². The zero-order chi connectivity index (χ0) is 33.4. The third-order valence-corrected chi connectivity index (χ3v) is 7.65. The smallest absolute Gasteiger partial charge is 0.0616 e. The van der Waals surface area contributed by atoms with Crippen LogP contribution in [0.1, 0.15) is 11.0 Å². The van der Waals surface area contributed by atoms with Gasteiger partial charge < -0.3 is 0 Å². The van der Waals surface area contributed by atoms with Crippen molar-refractivity contribution < 1.29 is 11.0 Å². The predicted molar refractivity (Wildman–Crippen MR) is 173 cm³/mol. The molecule has 8 rings (SSSR count). The lowest BCUT2D eigenvalue weighted by atomic mass is 9.84. The Balaban J connectivity index is 1.68. The van der Waals surface area contributed by atoms with Gasteiger partial charge in [-0.05, 0) is 82.5 Å². The lowest BCUT2D eigenvalue weighted by molar-refractivity contribution is 1.62. The normalized spacial score (nSPS) is 14.3. The molecule has 0 saturated heterocycles. The Morgan fingerprint density at radius 3 is 1.68 bits per heavy atom. The van der Waals surface area contributed by atoms with Crippen molar-refractivity contribution in [1.82, 2.24) is 0 Å². The zero-order valence-electron chi connectivity index (χ0n) is 29.4. The molecule has 0 radical (unpaired) electrons. The number of hydrogen-bond donors (Lipinski definition) is 0. The predicted octanol–water partition coefficient (Wildman–Crippen LogP) is 11.3. The fourth-order valence-electron chi connectivity index (χ4n) is 5.90. The first kappa shape index (κ1) is 16.0. The molecular weight excluding hydrogens is 480 g/mol. The fraction of sp³-hybridized carbons (Fsp3) is 0. The van der Waals surface area contributed by atoms with Gasteiger partial charge in [-0.3, -0.25) is 0 Å². The molecule has 0 N–H and O–H groups in total. The van der Waals surface area contributed by atoms with Gasteiger partial charge in [-0.2, -0.15) is 0 Å². The van der Waals surface area contributed by atoms with Gasteiger partial charge in [0.15, 0.2) is 0 Å². The van der Waals surface area contributed by atoms with E-state index in [1.165, 1.54) is 0 Å². The highest BCUT2D eigenvalue weighted by Gasteiger charge is 2.18. The molecule has 0 aliphatic heterocycles. The van der Waals surface area contributed by atoms with E-state index >= 15 is 0 Å². The Bertz CT molecular complexity index is 2650. The summed E-state index contributed by atoms with van der Waals surface area (Å²) in [6.07, 6.45) is 0. The van der Waals surface area contributed by atoms with Crippen LogP contribution in [0, 0.1) is 0 Å². The summed E-state index contributed by atoms with van der Waals surface area (Å²) in [4.78, 5) is 0. The highest BCUT2D eigenvalue weighted by atomic mass is 14.2. The monoisotopic (exact) mass is 514 g/mol. The first-order valence-electron chi connectivity index (χ1n) is 17.2. The van der Waals surface area contributed by atoms with E-state index in [1.54, 1.807) is 0 Å². The van der Waals surface area contributed by atoms with Crippen molar-refractivity contribution in [1.29, 1.82) is 0 Å². The minimum absolute atomic E-state index is 0.0182. The second kappa shape index (κ2) is 9.22. The van der Waals surface area contributed by atoms with Gasteiger partial charge >= 0.3 is 0 Å². The van der Waals surface area contributed by atoms with Gasteiger partial charge in [-0.15, -0.1) is 0 Å². The Hall–Kier alpha value is -5.20. The van der Waals surface area contributed by atoms with E-state index in [4.69, 9.17) is 6.85 Å². The van der Waals surface area contributed by atoms with Crippen LogP contribution in [0.3, 0.4) is 0 Å². The zero-order valence-corrected chi connectivity index (χ0v) is 21.4. The first-order chi connectivity index (χ1) is 23.2. The lowest BCUT2D eigenvalue weighted by Crippen LogP contribution is -1.92. The van der Waals surface area contributed by atoms with Crippen molar-refractivity contribution >= 4 is 43.1 Å². The van der Waals surface area contributed by atoms with E-state index in [1.807, 2.05) is 109 Å². The molecule has 0 aliphatic rings. The first-order valence-corrected chi connectivity index (χ1v) is 13.2. The largest absolute Gasteiger partial charge is 0.0636 e. The maximum Gasteiger partial charge on any atom is 0.0636 e. The number of fused-ring (bicyclic) bond motifs is 4. The molecule has 0 heterocycles. The quantitative estimate of drug-likeness (QED) is 0.206. The van der Waals surface area contributed by atoms with Gasteiger partial charge in [-0.25, -0.2) is 0 Å². The maximum atomic E-state index is 9.44. The highest BCUT2D eigenvalue weighted by molar-refractivity contribution is 6.21. The van der Waals surface area contributed by atoms with Crippen molar-refractivity contribution in [3.8, 4) is 33.4 Å². The SMILES string of the molecule is [2H]c1c([2H])c([2H])c2c(-c3cccc4ccccc34)c3c(-c4ccccc4-c4cccc5ccccc45)c([2H])c([2H])c([2H])c3c([2H])c2c1[2H]. The Kier molecular flexibility index (Phi) is 3.70. The summed E-state index contributed by atoms with van der Waals surface area (Å²) < 4.78 is 72.3. The van der Waals surface area contributed by atoms with Crippen LogP contribution in [0.4, 0.5) is 0 Å². The molecular formula is C40H26. The minimum Gasteiger partial charge on any atom is -0.0616 e. The van der Waals surface area contributed by atoms with Gasteiger partial charge in [0.25, 0.3) is 0 Å². The van der Waals surface area contributed by atoms with Crippen molar-refractivity contribution in [2.45, 2.75) is 0 Å². The van der Waals surface area contributed by atoms with Gasteiger partial charge in [0.05, 0.1) is 11.0 Å². The second-order valence-electron chi connectivity index (χ2n) is 9.85. The average Bonchev–Trinajstić information content (AvgIpc) is 3.11. The van der Waals surface area contributed by atoms with E-state index in [9.17, 15) is 4.11 Å². The van der Waals surface area contributed by atoms with Crippen LogP contribution < -0.4 is 0 Å². The van der Waals surface area contributed by atoms with Gasteiger partial charge in [0.1, 0.15) is 0 Å². The third-order valence-electron chi connectivity index (χ3n) is 7.65. The molecule has 0 bridgehead atoms. The molecule has 8 aromatic rings. The Morgan fingerprint density at radius 1 is 0.350 bits per heavy atom. The molecule has 0 unspecified atom stereocenters. The summed E-state index contributed by atoms with van der Waals surface area (Å²) in [5.41, 5.74) is 3.72. The molecule has 40 heavy (non-hydrogen) atoms. The molecule has 0 aromatic heterocycles. The average molecular weight is 515 g/mol. The molecule has 0 saturated carbocycles. The van der Waals surface area contributed by atoms with Gasteiger partial charge in [0, 0.05) is 0 Å². The molecule has 0 aliphatic carbocycles. The lowest BCUT2D eigenvalue weighted by Gasteiger charge is -2.19. The van der Waals surface area contributed by atoms with Crippen molar-refractivity contribution in [3.63, 3.8) is 0 Å². The molecule has 0 amide bonds. The number of benzene rings is 8. The molecule has 0 atom stereocenters. The molecule has 186 valence electrons. The standard InChI is InChI=1S/C40H26/c1-4-18-31-27(12-1)15-9-23-34(31)35-21-7-8-22-36(35)38-25-11-17-30-26-29-14-3-6-20-33(29)40(39(30)38)37-24-10-16-28-13-2-5-19-32(28)37/h1-26H/i3D,6D,11D,14D,17D,20D,25D,26D. The maximum absolute atomic E-state index is 9.44. The topological polar surface area (TPSA) is 0 Å². The van der Waals surface area contributed by atoms with E-state index in [2.05, 4.69) is 0 Å². The van der Waals surface area contributed by atoms with E-state index in [-0.39, 0.29) is 52.4 Å². The van der Waals surface area contributed by atoms with E-state index < -0.39 is 12.1 Å². The van der Waals surface area contributed by atoms with Crippen LogP contribution in [0.5, 0.6) is 0 Å². The summed E-state index contributed by atoms with van der Waals surface area (Å²) in [7, 11) is 0. The minimum atomic E-state index is -0.472. The van der Waals surface area contributed by atoms with E-state index in [0.29, 0.717) is 27.6 Å². The summed E-state index contributed by atoms with van der Waals surface area (Å²) in [5, 5.41) is 4.29. The molecule has 0 fully saturated rings. The van der Waals surface area contributed by atoms with Gasteiger partial charge in [-0.1, -0.05) is 151 Å². The highest BCUT2D eigenvalue weighted by Crippen LogP contribution is 2.46. The van der Waals surface area contributed by atoms with Crippen molar-refractivity contribution in [2.75, 3.05) is 0 Å². The molecule has 0 heteroatoms. The Morgan fingerprint density at radius 2 is 0.900 bits per heavy atom. The van der Waals surface area contributed by atoms with Crippen LogP contribution in [-0.4, -0.2) is 0 Å². The molecule has 8 aromatic carbocycles. The van der Waals surface area contributed by atoms with Crippen LogP contribution in [0.2, 0.25) is 0 Å². The van der Waals surface area contributed by atoms with Gasteiger partial charge in [0.2, 0.25) is 0 Å². The summed E-state index contributed by atoms with van der Waals surface area (Å²) >= 11 is 0. The third kappa shape index (κ3) is 3.54. The second-order valence-corrected chi connectivity index (χ2v) is 9.85. The van der Waals surface area contributed by atoms with Crippen LogP contribution >= 0.6 is 0 Å². The summed E-state index contributed by atoms with van der Waals surface area (Å²) in [5.74, 6) is 0. The fourth-order valence-corrected chi connectivity index (χ4v) is 5.90. The summed E-state index contributed by atoms with van der Waals surface area (Å²) in [6, 6.07) is 32.4. The number of rotatable bonds is 3. The van der Waals surface area contributed by atoms with Crippen molar-refractivity contribution in [2.24, 2.45) is 0 Å². The van der Waals surface area contributed by atoms with Crippen LogP contribution in [0.15, 0.2) is 158 Å². The summed E-state index contributed by atoms with van der Waals surface area (Å²) in [6.45, 7) is 0.